The average Bonchev–Trinajstić information content (AvgIpc) is 3.38. The number of rotatable bonds is 59. The molecule has 0 aromatic rings. The van der Waals surface area contributed by atoms with Crippen molar-refractivity contribution >= 4 is 17.9 Å². The van der Waals surface area contributed by atoms with Gasteiger partial charge >= 0.3 is 17.9 Å². The summed E-state index contributed by atoms with van der Waals surface area (Å²) in [6, 6.07) is 0. The third-order valence-corrected chi connectivity index (χ3v) is 14.4. The molecule has 0 fully saturated rings. The van der Waals surface area contributed by atoms with Gasteiger partial charge in [-0.3, -0.25) is 14.4 Å². The topological polar surface area (TPSA) is 78.9 Å². The molecule has 0 aliphatic rings. The zero-order valence-corrected chi connectivity index (χ0v) is 48.5. The second-order valence-corrected chi connectivity index (χ2v) is 21.7. The third-order valence-electron chi connectivity index (χ3n) is 14.4. The van der Waals surface area contributed by atoms with E-state index in [1.54, 1.807) is 0 Å². The maximum atomic E-state index is 12.9. The quantitative estimate of drug-likeness (QED) is 0.0261. The second kappa shape index (κ2) is 61.2. The van der Waals surface area contributed by atoms with E-state index in [-0.39, 0.29) is 31.1 Å². The normalized spacial score (nSPS) is 12.2. The molecule has 1 unspecified atom stereocenters. The number of carbonyl (C=O) groups excluding carboxylic acids is 3. The fourth-order valence-corrected chi connectivity index (χ4v) is 9.64. The van der Waals surface area contributed by atoms with E-state index in [0.29, 0.717) is 19.3 Å². The lowest BCUT2D eigenvalue weighted by Crippen LogP contribution is -2.30. The fourth-order valence-electron chi connectivity index (χ4n) is 9.64. The molecule has 0 heterocycles. The number of hydrogen-bond donors (Lipinski definition) is 0. The van der Waals surface area contributed by atoms with Gasteiger partial charge in [-0.15, -0.1) is 0 Å². The van der Waals surface area contributed by atoms with Crippen LogP contribution in [0.1, 0.15) is 348 Å². The van der Waals surface area contributed by atoms with E-state index in [4.69, 9.17) is 14.2 Å². The first kappa shape index (κ1) is 69.6. The van der Waals surface area contributed by atoms with Crippen molar-refractivity contribution in [3.05, 3.63) is 36.5 Å². The van der Waals surface area contributed by atoms with E-state index >= 15 is 0 Å². The Morgan fingerprint density at radius 2 is 0.542 bits per heavy atom. The van der Waals surface area contributed by atoms with Crippen LogP contribution >= 0.6 is 0 Å². The molecule has 0 spiro atoms. The molecule has 0 bridgehead atoms. The van der Waals surface area contributed by atoms with Crippen LogP contribution in [-0.4, -0.2) is 37.2 Å². The number of allylic oxidation sites excluding steroid dienone is 6. The highest BCUT2D eigenvalue weighted by Gasteiger charge is 2.19. The van der Waals surface area contributed by atoms with Gasteiger partial charge in [0.1, 0.15) is 13.2 Å². The molecule has 0 aliphatic heterocycles. The van der Waals surface area contributed by atoms with E-state index in [1.807, 2.05) is 0 Å². The summed E-state index contributed by atoms with van der Waals surface area (Å²) in [4.78, 5) is 38.2. The molecule has 0 rings (SSSR count). The molecule has 0 radical (unpaired) electrons. The summed E-state index contributed by atoms with van der Waals surface area (Å²) >= 11 is 0. The van der Waals surface area contributed by atoms with Gasteiger partial charge in [0, 0.05) is 19.3 Å². The van der Waals surface area contributed by atoms with E-state index in [1.165, 1.54) is 225 Å². The molecule has 72 heavy (non-hydrogen) atoms. The van der Waals surface area contributed by atoms with Crippen LogP contribution < -0.4 is 0 Å². The van der Waals surface area contributed by atoms with Gasteiger partial charge in [-0.2, -0.15) is 0 Å². The predicted octanol–water partition coefficient (Wildman–Crippen LogP) is 21.6. The van der Waals surface area contributed by atoms with Crippen molar-refractivity contribution in [2.45, 2.75) is 354 Å². The predicted molar refractivity (Wildman–Crippen MR) is 312 cm³/mol. The summed E-state index contributed by atoms with van der Waals surface area (Å²) in [5.74, 6) is -0.882. The minimum atomic E-state index is -0.780. The molecular weight excluding hydrogens is 889 g/mol. The number of esters is 3. The highest BCUT2D eigenvalue weighted by atomic mass is 16.6. The average molecular weight is 1010 g/mol. The Labute approximate surface area is 448 Å². The molecule has 6 heteroatoms. The van der Waals surface area contributed by atoms with E-state index in [2.05, 4.69) is 57.2 Å². The van der Waals surface area contributed by atoms with Crippen LogP contribution in [0.2, 0.25) is 0 Å². The molecule has 1 atom stereocenters. The fraction of sp³-hybridized carbons (Fsp3) is 0.864. The molecule has 0 aliphatic carbocycles. The maximum Gasteiger partial charge on any atom is 0.306 e. The lowest BCUT2D eigenvalue weighted by molar-refractivity contribution is -0.167. The summed E-state index contributed by atoms with van der Waals surface area (Å²) < 4.78 is 16.9. The number of carbonyl (C=O) groups is 3. The largest absolute Gasteiger partial charge is 0.462 e. The van der Waals surface area contributed by atoms with Crippen molar-refractivity contribution in [3.63, 3.8) is 0 Å². The molecule has 0 saturated carbocycles. The lowest BCUT2D eigenvalue weighted by atomic mass is 10.0. The van der Waals surface area contributed by atoms with Gasteiger partial charge in [0.25, 0.3) is 0 Å². The molecule has 422 valence electrons. The third kappa shape index (κ3) is 58.5. The van der Waals surface area contributed by atoms with Crippen molar-refractivity contribution in [2.75, 3.05) is 13.2 Å². The lowest BCUT2D eigenvalue weighted by Gasteiger charge is -2.18. The Hall–Kier alpha value is -2.37. The van der Waals surface area contributed by atoms with E-state index in [0.717, 1.165) is 83.5 Å². The molecule has 0 saturated heterocycles. The summed E-state index contributed by atoms with van der Waals surface area (Å²) in [5, 5.41) is 0. The highest BCUT2D eigenvalue weighted by Crippen LogP contribution is 2.18. The summed E-state index contributed by atoms with van der Waals surface area (Å²) in [6.07, 6.45) is 74.5. The molecule has 0 aromatic heterocycles. The van der Waals surface area contributed by atoms with Gasteiger partial charge in [0.2, 0.25) is 0 Å². The first-order valence-corrected chi connectivity index (χ1v) is 32.0. The minimum Gasteiger partial charge on any atom is -0.462 e. The van der Waals surface area contributed by atoms with Crippen LogP contribution in [0.15, 0.2) is 36.5 Å². The van der Waals surface area contributed by atoms with Gasteiger partial charge in [-0.1, -0.05) is 314 Å². The smallest absolute Gasteiger partial charge is 0.306 e. The first-order chi connectivity index (χ1) is 35.5. The van der Waals surface area contributed by atoms with Crippen molar-refractivity contribution in [3.8, 4) is 0 Å². The van der Waals surface area contributed by atoms with E-state index < -0.39 is 6.10 Å². The SMILES string of the molecule is CC/C=C\C/C=C\C/C=C\CCCCCC(=O)OCC(COC(=O)CCCCCCCCCCCCCCCCCCCCCCCCCC)OC(=O)CCCCCCCCCCCCCCCCCCC. The monoisotopic (exact) mass is 1010 g/mol. The van der Waals surface area contributed by atoms with Crippen molar-refractivity contribution in [1.29, 1.82) is 0 Å². The molecule has 0 aromatic carbocycles. The van der Waals surface area contributed by atoms with Gasteiger partial charge in [0.15, 0.2) is 6.10 Å². The van der Waals surface area contributed by atoms with Crippen molar-refractivity contribution in [1.82, 2.24) is 0 Å². The van der Waals surface area contributed by atoms with Gasteiger partial charge < -0.3 is 14.2 Å². The Kier molecular flexibility index (Phi) is 59.2. The number of unbranched alkanes of at least 4 members (excludes halogenated alkanes) is 42. The van der Waals surface area contributed by atoms with E-state index in [9.17, 15) is 14.4 Å². The number of ether oxygens (including phenoxy) is 3. The zero-order chi connectivity index (χ0) is 52.2. The van der Waals surface area contributed by atoms with Crippen molar-refractivity contribution in [2.24, 2.45) is 0 Å². The van der Waals surface area contributed by atoms with Crippen LogP contribution in [0.5, 0.6) is 0 Å². The molecule has 0 N–H and O–H groups in total. The van der Waals surface area contributed by atoms with Gasteiger partial charge in [-0.25, -0.2) is 0 Å². The van der Waals surface area contributed by atoms with Crippen LogP contribution in [0, 0.1) is 0 Å². The maximum absolute atomic E-state index is 12.9. The Morgan fingerprint density at radius 1 is 0.292 bits per heavy atom. The summed E-state index contributed by atoms with van der Waals surface area (Å²) in [6.45, 7) is 6.57. The number of hydrogen-bond acceptors (Lipinski definition) is 6. The zero-order valence-electron chi connectivity index (χ0n) is 48.5. The Balaban J connectivity index is 4.24. The van der Waals surface area contributed by atoms with Gasteiger partial charge in [-0.05, 0) is 51.4 Å². The van der Waals surface area contributed by atoms with Crippen LogP contribution in [0.3, 0.4) is 0 Å². The standard InChI is InChI=1S/C66H122O6/c1-4-7-10-13-16-19-22-25-27-29-30-31-32-33-34-35-37-38-41-44-47-50-53-56-59-65(68)71-62-63(61-70-64(67)58-55-52-49-46-43-40-24-21-18-15-12-9-6-3)72-66(69)60-57-54-51-48-45-42-39-36-28-26-23-20-17-14-11-8-5-2/h9,12,18,21,40,43,63H,4-8,10-11,13-17,19-20,22-39,41-42,44-62H2,1-3H3/b12-9-,21-18-,43-40-. The second-order valence-electron chi connectivity index (χ2n) is 21.7. The summed E-state index contributed by atoms with van der Waals surface area (Å²) in [5.41, 5.74) is 0. The van der Waals surface area contributed by atoms with Crippen LogP contribution in [0.25, 0.3) is 0 Å². The molecule has 0 amide bonds. The summed E-state index contributed by atoms with van der Waals surface area (Å²) in [7, 11) is 0. The highest BCUT2D eigenvalue weighted by molar-refractivity contribution is 5.71. The Bertz CT molecular complexity index is 1210. The molecular formula is C66H122O6. The van der Waals surface area contributed by atoms with Gasteiger partial charge in [0.05, 0.1) is 0 Å². The van der Waals surface area contributed by atoms with Crippen molar-refractivity contribution < 1.29 is 28.6 Å². The minimum absolute atomic E-state index is 0.0761. The first-order valence-electron chi connectivity index (χ1n) is 32.0. The van der Waals surface area contributed by atoms with Crippen LogP contribution in [-0.2, 0) is 28.6 Å². The van der Waals surface area contributed by atoms with Crippen LogP contribution in [0.4, 0.5) is 0 Å². The molecule has 6 nitrogen and oxygen atoms in total. The Morgan fingerprint density at radius 3 is 0.847 bits per heavy atom.